The van der Waals surface area contributed by atoms with E-state index in [4.69, 9.17) is 14.2 Å². The fourth-order valence-corrected chi connectivity index (χ4v) is 7.66. The molecule has 2 aromatic carbocycles. The van der Waals surface area contributed by atoms with Gasteiger partial charge in [-0.3, -0.25) is 14.4 Å². The van der Waals surface area contributed by atoms with E-state index >= 15 is 0 Å². The predicted octanol–water partition coefficient (Wildman–Crippen LogP) is 5.51. The van der Waals surface area contributed by atoms with Gasteiger partial charge in [-0.25, -0.2) is 4.79 Å². The van der Waals surface area contributed by atoms with Gasteiger partial charge in [0.25, 0.3) is 0 Å². The number of amides is 2. The van der Waals surface area contributed by atoms with Gasteiger partial charge in [0.05, 0.1) is 20.6 Å². The first-order valence-corrected chi connectivity index (χ1v) is 18.2. The van der Waals surface area contributed by atoms with Gasteiger partial charge in [-0.05, 0) is 73.9 Å². The molecule has 0 spiro atoms. The highest BCUT2D eigenvalue weighted by Crippen LogP contribution is 2.40. The van der Waals surface area contributed by atoms with E-state index in [9.17, 15) is 24.3 Å². The van der Waals surface area contributed by atoms with Crippen LogP contribution in [0.3, 0.4) is 0 Å². The molecule has 2 aromatic rings. The van der Waals surface area contributed by atoms with Crippen molar-refractivity contribution in [3.05, 3.63) is 59.7 Å². The minimum absolute atomic E-state index is 0.0106. The summed E-state index contributed by atoms with van der Waals surface area (Å²) in [4.78, 5) is 51.1. The van der Waals surface area contributed by atoms with Crippen molar-refractivity contribution in [3.63, 3.8) is 0 Å². The van der Waals surface area contributed by atoms with Gasteiger partial charge in [-0.2, -0.15) is 0 Å². The molecular weight excluding hydrogens is 655 g/mol. The zero-order valence-electron chi connectivity index (χ0n) is 27.7. The lowest BCUT2D eigenvalue weighted by Crippen LogP contribution is -2.38. The van der Waals surface area contributed by atoms with Crippen LogP contribution < -0.4 is 24.8 Å². The number of rotatable bonds is 20. The normalized spacial score (nSPS) is 14.4. The maximum atomic E-state index is 12.4. The van der Waals surface area contributed by atoms with Gasteiger partial charge in [0.15, 0.2) is 34.6 Å². The molecule has 1 fully saturated rings. The molecule has 3 N–H and O–H groups in total. The van der Waals surface area contributed by atoms with E-state index in [1.807, 2.05) is 33.5 Å². The molecule has 1 heterocycles. The van der Waals surface area contributed by atoms with Crippen LogP contribution in [0.25, 0.3) is 12.2 Å². The SMILES string of the molecule is COc1cc(/C=C/C(=O)CC(=O)/C=C/c2ccc(OC(=O)NCCN(C)CCNC(=O)CCCC[C@@H]3CCSS3)c(OC)c2)ccc1O. The topological polar surface area (TPSA) is 144 Å². The second-order valence-corrected chi connectivity index (χ2v) is 13.9. The number of unbranched alkanes of at least 4 members (excludes halogenated alkanes) is 1. The number of benzene rings is 2. The van der Waals surface area contributed by atoms with Crippen molar-refractivity contribution in [2.75, 3.05) is 53.2 Å². The van der Waals surface area contributed by atoms with E-state index in [2.05, 4.69) is 10.6 Å². The summed E-state index contributed by atoms with van der Waals surface area (Å²) in [5.74, 6) is 1.33. The van der Waals surface area contributed by atoms with Crippen molar-refractivity contribution in [1.29, 1.82) is 0 Å². The van der Waals surface area contributed by atoms with Gasteiger partial charge in [-0.1, -0.05) is 52.3 Å². The Morgan fingerprint density at radius 3 is 2.19 bits per heavy atom. The number of phenols is 1. The summed E-state index contributed by atoms with van der Waals surface area (Å²) in [6.45, 7) is 2.12. The number of ether oxygens (including phenoxy) is 3. The number of carbonyl (C=O) groups excluding carboxylic acids is 4. The first-order valence-electron chi connectivity index (χ1n) is 15.8. The van der Waals surface area contributed by atoms with Crippen LogP contribution in [0, 0.1) is 0 Å². The van der Waals surface area contributed by atoms with Crippen LogP contribution in [0.4, 0.5) is 4.79 Å². The number of ketones is 2. The zero-order chi connectivity index (χ0) is 34.7. The quantitative estimate of drug-likeness (QED) is 0.0696. The summed E-state index contributed by atoms with van der Waals surface area (Å²) in [6.07, 6.45) is 9.76. The second-order valence-electron chi connectivity index (χ2n) is 11.2. The Morgan fingerprint density at radius 1 is 0.896 bits per heavy atom. The van der Waals surface area contributed by atoms with E-state index in [1.54, 1.807) is 42.5 Å². The molecule has 260 valence electrons. The zero-order valence-corrected chi connectivity index (χ0v) is 29.3. The second kappa shape index (κ2) is 21.1. The van der Waals surface area contributed by atoms with Crippen LogP contribution in [0.5, 0.6) is 23.0 Å². The highest BCUT2D eigenvalue weighted by Gasteiger charge is 2.16. The molecule has 0 bridgehead atoms. The van der Waals surface area contributed by atoms with E-state index in [0.717, 1.165) is 18.1 Å². The van der Waals surface area contributed by atoms with Gasteiger partial charge >= 0.3 is 6.09 Å². The summed E-state index contributed by atoms with van der Waals surface area (Å²) >= 11 is 0. The summed E-state index contributed by atoms with van der Waals surface area (Å²) in [7, 11) is 8.71. The Morgan fingerprint density at radius 2 is 1.54 bits per heavy atom. The third-order valence-electron chi connectivity index (χ3n) is 7.35. The van der Waals surface area contributed by atoms with Crippen LogP contribution in [0.15, 0.2) is 48.6 Å². The maximum absolute atomic E-state index is 12.4. The molecule has 1 aliphatic heterocycles. The van der Waals surface area contributed by atoms with Crippen LogP contribution in [0.2, 0.25) is 0 Å². The van der Waals surface area contributed by atoms with Gasteiger partial charge in [0, 0.05) is 43.6 Å². The van der Waals surface area contributed by atoms with Crippen molar-refractivity contribution < 1.29 is 38.5 Å². The first kappa shape index (κ1) is 38.5. The number of likely N-dealkylation sites (N-methyl/N-ethyl adjacent to an activating group) is 1. The average Bonchev–Trinajstić information content (AvgIpc) is 3.59. The van der Waals surface area contributed by atoms with Crippen LogP contribution >= 0.6 is 21.6 Å². The highest BCUT2D eigenvalue weighted by molar-refractivity contribution is 8.77. The van der Waals surface area contributed by atoms with Gasteiger partial charge in [0.2, 0.25) is 5.91 Å². The molecule has 3 rings (SSSR count). The molecule has 48 heavy (non-hydrogen) atoms. The Hall–Kier alpha value is -3.94. The lowest BCUT2D eigenvalue weighted by Gasteiger charge is -2.17. The summed E-state index contributed by atoms with van der Waals surface area (Å²) in [5.41, 5.74) is 1.26. The van der Waals surface area contributed by atoms with Crippen LogP contribution in [0.1, 0.15) is 49.7 Å². The Kier molecular flexibility index (Phi) is 16.9. The summed E-state index contributed by atoms with van der Waals surface area (Å²) in [6, 6.07) is 9.49. The minimum atomic E-state index is -0.639. The highest BCUT2D eigenvalue weighted by atomic mass is 33.1. The van der Waals surface area contributed by atoms with E-state index < -0.39 is 6.09 Å². The molecule has 1 saturated heterocycles. The maximum Gasteiger partial charge on any atom is 0.412 e. The fourth-order valence-electron chi connectivity index (χ4n) is 4.63. The van der Waals surface area contributed by atoms with Crippen molar-refractivity contribution in [2.45, 2.75) is 43.8 Å². The lowest BCUT2D eigenvalue weighted by atomic mass is 10.1. The van der Waals surface area contributed by atoms with E-state index in [0.29, 0.717) is 49.5 Å². The Labute approximate surface area is 290 Å². The predicted molar refractivity (Wildman–Crippen MR) is 192 cm³/mol. The van der Waals surface area contributed by atoms with E-state index in [1.165, 1.54) is 51.0 Å². The van der Waals surface area contributed by atoms with Gasteiger partial charge in [0.1, 0.15) is 0 Å². The number of carbonyl (C=O) groups is 4. The van der Waals surface area contributed by atoms with Crippen molar-refractivity contribution in [3.8, 4) is 23.0 Å². The molecule has 0 saturated carbocycles. The smallest absolute Gasteiger partial charge is 0.412 e. The van der Waals surface area contributed by atoms with Crippen LogP contribution in [-0.2, 0) is 14.4 Å². The number of nitrogens with one attached hydrogen (secondary N) is 2. The minimum Gasteiger partial charge on any atom is -0.504 e. The lowest BCUT2D eigenvalue weighted by molar-refractivity contribution is -0.122. The van der Waals surface area contributed by atoms with Gasteiger partial charge < -0.3 is 34.9 Å². The average molecular weight is 700 g/mol. The number of aromatic hydroxyl groups is 1. The third-order valence-corrected chi connectivity index (χ3v) is 10.4. The Balaban J connectivity index is 1.33. The van der Waals surface area contributed by atoms with Gasteiger partial charge in [-0.15, -0.1) is 0 Å². The number of methoxy groups -OCH3 is 2. The molecule has 0 radical (unpaired) electrons. The summed E-state index contributed by atoms with van der Waals surface area (Å²) < 4.78 is 15.8. The molecule has 1 atom stereocenters. The number of hydrogen-bond acceptors (Lipinski definition) is 11. The van der Waals surface area contributed by atoms with Crippen LogP contribution in [-0.4, -0.2) is 92.0 Å². The molecule has 0 aliphatic carbocycles. The third kappa shape index (κ3) is 14.4. The largest absolute Gasteiger partial charge is 0.504 e. The number of allylic oxidation sites excluding steroid dienone is 2. The monoisotopic (exact) mass is 699 g/mol. The molecule has 11 nitrogen and oxygen atoms in total. The molecule has 13 heteroatoms. The number of nitrogens with zero attached hydrogens (tertiary/aromatic N) is 1. The van der Waals surface area contributed by atoms with Crippen molar-refractivity contribution in [2.24, 2.45) is 0 Å². The molecule has 0 unspecified atom stereocenters. The molecule has 1 aliphatic rings. The Bertz CT molecular complexity index is 1440. The molecule has 0 aromatic heterocycles. The first-order chi connectivity index (χ1) is 23.2. The number of hydrogen-bond donors (Lipinski definition) is 3. The number of phenolic OH excluding ortho intramolecular Hbond substituents is 1. The molecule has 2 amide bonds. The molecular formula is C35H45N3O8S2. The van der Waals surface area contributed by atoms with Crippen molar-refractivity contribution >= 4 is 57.3 Å². The summed E-state index contributed by atoms with van der Waals surface area (Å²) in [5, 5.41) is 16.1. The van der Waals surface area contributed by atoms with Crippen molar-refractivity contribution in [1.82, 2.24) is 15.5 Å². The fraction of sp³-hybridized carbons (Fsp3) is 0.429. The van der Waals surface area contributed by atoms with E-state index in [-0.39, 0.29) is 41.1 Å². The standard InChI is InChI=1S/C35H45N3O8S2/c1-38(19-17-36-34(42)7-5-4-6-29-16-21-47-48-29)20-18-37-35(43)46-31-15-11-26(23-33(31)45-3)9-13-28(40)24-27(39)12-8-25-10-14-30(41)32(22-25)44-2/h8-15,22-23,29,41H,4-7,16-21,24H2,1-3H3,(H,36,42)(H,37,43)/b12-8+,13-9+/t29-/m1/s1.